The van der Waals surface area contributed by atoms with Crippen LogP contribution in [0.3, 0.4) is 0 Å². The lowest BCUT2D eigenvalue weighted by Gasteiger charge is -2.15. The van der Waals surface area contributed by atoms with Crippen LogP contribution in [0.15, 0.2) is 48.8 Å². The Bertz CT molecular complexity index is 814. The number of sulfonamides is 1. The van der Waals surface area contributed by atoms with Gasteiger partial charge in [0.25, 0.3) is 5.91 Å². The van der Waals surface area contributed by atoms with Gasteiger partial charge in [-0.15, -0.1) is 0 Å². The van der Waals surface area contributed by atoms with Gasteiger partial charge in [0.05, 0.1) is 5.75 Å². The molecule has 6 nitrogen and oxygen atoms in total. The minimum atomic E-state index is -3.27. The molecule has 1 aliphatic rings. The maximum absolute atomic E-state index is 12.3. The number of hydrogen-bond acceptors (Lipinski definition) is 4. The first-order chi connectivity index (χ1) is 12.0. The molecule has 0 unspecified atom stereocenters. The normalized spacial score (nSPS) is 15.2. The number of nitrogens with zero attached hydrogens (tertiary/aromatic N) is 2. The average Bonchev–Trinajstić information content (AvgIpc) is 3.17. The number of carbonyl (C=O) groups excluding carboxylic acids is 1. The topological polar surface area (TPSA) is 79.4 Å². The molecule has 2 aromatic rings. The number of carbonyl (C=O) groups is 1. The van der Waals surface area contributed by atoms with E-state index in [-0.39, 0.29) is 11.7 Å². The summed E-state index contributed by atoms with van der Waals surface area (Å²) < 4.78 is 26.2. The molecule has 1 saturated heterocycles. The Kier molecular flexibility index (Phi) is 5.45. The van der Waals surface area contributed by atoms with Crippen molar-refractivity contribution in [3.63, 3.8) is 0 Å². The summed E-state index contributed by atoms with van der Waals surface area (Å²) >= 11 is 0. The molecular weight excluding hydrogens is 338 g/mol. The van der Waals surface area contributed by atoms with E-state index in [1.54, 1.807) is 41.0 Å². The fourth-order valence-electron chi connectivity index (χ4n) is 2.81. The van der Waals surface area contributed by atoms with Crippen molar-refractivity contribution in [1.29, 1.82) is 0 Å². The number of benzene rings is 1. The predicted octanol–water partition coefficient (Wildman–Crippen LogP) is 1.94. The van der Waals surface area contributed by atoms with Gasteiger partial charge in [-0.2, -0.15) is 0 Å². The Morgan fingerprint density at radius 1 is 1.08 bits per heavy atom. The van der Waals surface area contributed by atoms with Crippen molar-refractivity contribution in [2.24, 2.45) is 0 Å². The molecule has 1 N–H and O–H groups in total. The van der Waals surface area contributed by atoms with Gasteiger partial charge in [-0.25, -0.2) is 12.7 Å². The number of hydrogen-bond donors (Lipinski definition) is 1. The lowest BCUT2D eigenvalue weighted by Crippen LogP contribution is -2.29. The zero-order valence-corrected chi connectivity index (χ0v) is 14.7. The van der Waals surface area contributed by atoms with Crippen molar-refractivity contribution in [3.8, 4) is 0 Å². The smallest absolute Gasteiger partial charge is 0.251 e. The molecular formula is C18H21N3O3S. The van der Waals surface area contributed by atoms with Gasteiger partial charge in [-0.3, -0.25) is 9.78 Å². The monoisotopic (exact) mass is 359 g/mol. The second-order valence-electron chi connectivity index (χ2n) is 6.10. The number of amides is 1. The standard InChI is InChI=1S/C18H21N3O3S/c22-18(20-13-16-4-3-9-19-12-16)17-7-5-15(6-8-17)14-25(23,24)21-10-1-2-11-21/h3-9,12H,1-2,10-11,13-14H2,(H,20,22). The largest absolute Gasteiger partial charge is 0.348 e. The third-order valence-electron chi connectivity index (χ3n) is 4.20. The first-order valence-corrected chi connectivity index (χ1v) is 9.89. The Morgan fingerprint density at radius 3 is 2.44 bits per heavy atom. The third-order valence-corrected chi connectivity index (χ3v) is 6.05. The maximum Gasteiger partial charge on any atom is 0.251 e. The summed E-state index contributed by atoms with van der Waals surface area (Å²) in [5.41, 5.74) is 2.12. The first-order valence-electron chi connectivity index (χ1n) is 8.28. The van der Waals surface area contributed by atoms with E-state index >= 15 is 0 Å². The van der Waals surface area contributed by atoms with Crippen LogP contribution in [0.5, 0.6) is 0 Å². The summed E-state index contributed by atoms with van der Waals surface area (Å²) in [6.45, 7) is 1.62. The zero-order valence-electron chi connectivity index (χ0n) is 13.9. The first kappa shape index (κ1) is 17.6. The molecule has 1 amide bonds. The molecule has 1 aliphatic heterocycles. The Labute approximate surface area is 147 Å². The highest BCUT2D eigenvalue weighted by atomic mass is 32.2. The molecule has 132 valence electrons. The summed E-state index contributed by atoms with van der Waals surface area (Å²) in [4.78, 5) is 16.2. The summed E-state index contributed by atoms with van der Waals surface area (Å²) in [6.07, 6.45) is 5.23. The molecule has 0 saturated carbocycles. The third kappa shape index (κ3) is 4.64. The Balaban J connectivity index is 1.59. The summed E-state index contributed by atoms with van der Waals surface area (Å²) in [5.74, 6) is -0.220. The van der Waals surface area contributed by atoms with E-state index in [1.807, 2.05) is 12.1 Å². The molecule has 0 aliphatic carbocycles. The fourth-order valence-corrected chi connectivity index (χ4v) is 4.42. The van der Waals surface area contributed by atoms with E-state index in [1.165, 1.54) is 0 Å². The van der Waals surface area contributed by atoms with Crippen molar-refractivity contribution in [1.82, 2.24) is 14.6 Å². The highest BCUT2D eigenvalue weighted by molar-refractivity contribution is 7.88. The minimum Gasteiger partial charge on any atom is -0.348 e. The highest BCUT2D eigenvalue weighted by Gasteiger charge is 2.25. The van der Waals surface area contributed by atoms with Crippen molar-refractivity contribution < 1.29 is 13.2 Å². The van der Waals surface area contributed by atoms with Gasteiger partial charge in [0.2, 0.25) is 10.0 Å². The van der Waals surface area contributed by atoms with E-state index in [0.29, 0.717) is 30.8 Å². The lowest BCUT2D eigenvalue weighted by atomic mass is 10.1. The molecule has 0 radical (unpaired) electrons. The van der Waals surface area contributed by atoms with Gasteiger partial charge in [-0.05, 0) is 42.2 Å². The summed E-state index contributed by atoms with van der Waals surface area (Å²) in [5, 5.41) is 2.82. The summed E-state index contributed by atoms with van der Waals surface area (Å²) in [7, 11) is -3.27. The van der Waals surface area contributed by atoms with Gasteiger partial charge in [0, 0.05) is 37.6 Å². The van der Waals surface area contributed by atoms with Crippen molar-refractivity contribution in [2.45, 2.75) is 25.1 Å². The van der Waals surface area contributed by atoms with Crippen molar-refractivity contribution in [2.75, 3.05) is 13.1 Å². The van der Waals surface area contributed by atoms with E-state index in [0.717, 1.165) is 18.4 Å². The van der Waals surface area contributed by atoms with Crippen LogP contribution in [0.25, 0.3) is 0 Å². The van der Waals surface area contributed by atoms with Crippen LogP contribution in [0, 0.1) is 0 Å². The zero-order chi connectivity index (χ0) is 17.7. The average molecular weight is 359 g/mol. The molecule has 0 bridgehead atoms. The predicted molar refractivity (Wildman–Crippen MR) is 95.3 cm³/mol. The molecule has 1 aromatic heterocycles. The van der Waals surface area contributed by atoms with Gasteiger partial charge >= 0.3 is 0 Å². The van der Waals surface area contributed by atoms with Crippen molar-refractivity contribution >= 4 is 15.9 Å². The van der Waals surface area contributed by atoms with Gasteiger partial charge < -0.3 is 5.32 Å². The van der Waals surface area contributed by atoms with E-state index < -0.39 is 10.0 Å². The molecule has 2 heterocycles. The molecule has 1 fully saturated rings. The Morgan fingerprint density at radius 2 is 1.80 bits per heavy atom. The van der Waals surface area contributed by atoms with Crippen molar-refractivity contribution in [3.05, 3.63) is 65.5 Å². The number of aromatic nitrogens is 1. The van der Waals surface area contributed by atoms with Crippen LogP contribution in [0.1, 0.15) is 34.3 Å². The van der Waals surface area contributed by atoms with Gasteiger partial charge in [0.15, 0.2) is 0 Å². The molecule has 0 spiro atoms. The van der Waals surface area contributed by atoms with Gasteiger partial charge in [-0.1, -0.05) is 18.2 Å². The van der Waals surface area contributed by atoms with Crippen LogP contribution in [-0.2, 0) is 22.3 Å². The molecule has 25 heavy (non-hydrogen) atoms. The number of pyridine rings is 1. The highest BCUT2D eigenvalue weighted by Crippen LogP contribution is 2.17. The molecule has 0 atom stereocenters. The second kappa shape index (κ2) is 7.76. The quantitative estimate of drug-likeness (QED) is 0.855. The number of nitrogens with one attached hydrogen (secondary N) is 1. The van der Waals surface area contributed by atoms with Crippen LogP contribution < -0.4 is 5.32 Å². The summed E-state index contributed by atoms with van der Waals surface area (Å²) in [6, 6.07) is 10.4. The van der Waals surface area contributed by atoms with Crippen LogP contribution >= 0.6 is 0 Å². The van der Waals surface area contributed by atoms with E-state index in [9.17, 15) is 13.2 Å². The SMILES string of the molecule is O=C(NCc1cccnc1)c1ccc(CS(=O)(=O)N2CCCC2)cc1. The van der Waals surface area contributed by atoms with Crippen LogP contribution in [0.4, 0.5) is 0 Å². The molecule has 3 rings (SSSR count). The second-order valence-corrected chi connectivity index (χ2v) is 8.07. The molecule has 1 aromatic carbocycles. The van der Waals surface area contributed by atoms with Crippen LogP contribution in [-0.4, -0.2) is 36.7 Å². The van der Waals surface area contributed by atoms with E-state index in [2.05, 4.69) is 10.3 Å². The van der Waals surface area contributed by atoms with E-state index in [4.69, 9.17) is 0 Å². The maximum atomic E-state index is 12.3. The fraction of sp³-hybridized carbons (Fsp3) is 0.333. The van der Waals surface area contributed by atoms with Gasteiger partial charge in [0.1, 0.15) is 0 Å². The molecule has 7 heteroatoms. The minimum absolute atomic E-state index is 0.0232. The van der Waals surface area contributed by atoms with Crippen LogP contribution in [0.2, 0.25) is 0 Å². The Hall–Kier alpha value is -2.25. The lowest BCUT2D eigenvalue weighted by molar-refractivity contribution is 0.0951. The number of rotatable bonds is 6.